The van der Waals surface area contributed by atoms with Crippen LogP contribution in [0.15, 0.2) is 5.18 Å². The molecule has 0 aromatic carbocycles. The zero-order valence-electron chi connectivity index (χ0n) is 12.0. The molecule has 5 unspecified atom stereocenters. The van der Waals surface area contributed by atoms with E-state index in [1.807, 2.05) is 0 Å². The second kappa shape index (κ2) is 8.73. The molecule has 0 bridgehead atoms. The Kier molecular flexibility index (Phi) is 7.32. The summed E-state index contributed by atoms with van der Waals surface area (Å²) in [4.78, 5) is 32.6. The van der Waals surface area contributed by atoms with Crippen LogP contribution >= 0.6 is 0 Å². The number of aliphatic hydroxyl groups is 2. The lowest BCUT2D eigenvalue weighted by atomic mass is 9.96. The first-order valence-corrected chi connectivity index (χ1v) is 6.79. The normalized spacial score (nSPS) is 31.5. The number of aliphatic hydroxyl groups excluding tert-OH is 2. The average Bonchev–Trinajstić information content (AvgIpc) is 2.49. The van der Waals surface area contributed by atoms with Gasteiger partial charge in [-0.1, -0.05) is 5.18 Å². The molecule has 1 heterocycles. The second-order valence-corrected chi connectivity index (χ2v) is 4.88. The Hall–Kier alpha value is -1.62. The third kappa shape index (κ3) is 4.70. The van der Waals surface area contributed by atoms with Gasteiger partial charge in [0.1, 0.15) is 18.4 Å². The van der Waals surface area contributed by atoms with Crippen molar-refractivity contribution in [3.8, 4) is 0 Å². The Bertz CT molecular complexity index is 405. The lowest BCUT2D eigenvalue weighted by Crippen LogP contribution is -2.62. The second-order valence-electron chi connectivity index (χ2n) is 4.88. The van der Waals surface area contributed by atoms with Gasteiger partial charge in [0.15, 0.2) is 12.1 Å². The molecule has 0 amide bonds. The standard InChI is InChI=1S/C12H20N2O8/c1-21-6(15)4-2-3-5-13-11-7(14-20)8(16)9(17)10(22-11)12(18)19/h7-11,13,16-17H,2-5H2,1H3,(H,18,19). The van der Waals surface area contributed by atoms with Gasteiger partial charge < -0.3 is 24.8 Å². The number of hydrogen-bond donors (Lipinski definition) is 4. The number of aliphatic carboxylic acids is 1. The molecule has 0 spiro atoms. The maximum atomic E-state index is 11.0. The summed E-state index contributed by atoms with van der Waals surface area (Å²) >= 11 is 0. The first-order chi connectivity index (χ1) is 10.4. The molecule has 0 aromatic rings. The Morgan fingerprint density at radius 1 is 1.27 bits per heavy atom. The Morgan fingerprint density at radius 2 is 1.95 bits per heavy atom. The van der Waals surface area contributed by atoms with E-state index in [1.165, 1.54) is 7.11 Å². The molecular formula is C12H20N2O8. The van der Waals surface area contributed by atoms with E-state index in [4.69, 9.17) is 9.84 Å². The van der Waals surface area contributed by atoms with Crippen LogP contribution in [-0.2, 0) is 19.1 Å². The van der Waals surface area contributed by atoms with Crippen LogP contribution in [-0.4, -0.2) is 71.5 Å². The molecule has 5 atom stereocenters. The predicted molar refractivity (Wildman–Crippen MR) is 71.8 cm³/mol. The van der Waals surface area contributed by atoms with Crippen molar-refractivity contribution in [2.45, 2.75) is 49.8 Å². The molecule has 0 aromatic heterocycles. The highest BCUT2D eigenvalue weighted by Crippen LogP contribution is 2.22. The fourth-order valence-corrected chi connectivity index (χ4v) is 2.11. The van der Waals surface area contributed by atoms with Crippen molar-refractivity contribution >= 4 is 11.9 Å². The number of carboxylic acid groups (broad SMARTS) is 1. The van der Waals surface area contributed by atoms with Gasteiger partial charge in [-0.2, -0.15) is 4.91 Å². The van der Waals surface area contributed by atoms with Crippen molar-refractivity contribution in [3.05, 3.63) is 4.91 Å². The first kappa shape index (κ1) is 18.4. The number of nitrogens with one attached hydrogen (secondary N) is 1. The van der Waals surface area contributed by atoms with Crippen LogP contribution in [0.3, 0.4) is 0 Å². The lowest BCUT2D eigenvalue weighted by molar-refractivity contribution is -0.203. The number of rotatable bonds is 8. The third-order valence-corrected chi connectivity index (χ3v) is 3.36. The van der Waals surface area contributed by atoms with Crippen LogP contribution in [0.2, 0.25) is 0 Å². The van der Waals surface area contributed by atoms with Crippen molar-refractivity contribution in [1.82, 2.24) is 5.32 Å². The van der Waals surface area contributed by atoms with Gasteiger partial charge in [0.25, 0.3) is 0 Å². The fourth-order valence-electron chi connectivity index (χ4n) is 2.11. The molecule has 126 valence electrons. The highest BCUT2D eigenvalue weighted by atomic mass is 16.6. The number of unbranched alkanes of at least 4 members (excludes halogenated alkanes) is 1. The smallest absolute Gasteiger partial charge is 0.335 e. The zero-order chi connectivity index (χ0) is 16.7. The Balaban J connectivity index is 2.50. The number of esters is 1. The van der Waals surface area contributed by atoms with Gasteiger partial charge in [-0.15, -0.1) is 0 Å². The number of nitroso groups, excluding NO2 is 1. The van der Waals surface area contributed by atoms with Crippen molar-refractivity contribution in [3.63, 3.8) is 0 Å². The molecule has 22 heavy (non-hydrogen) atoms. The SMILES string of the molecule is COC(=O)CCCCNC1OC(C(=O)O)C(O)C(O)C1N=O. The quantitative estimate of drug-likeness (QED) is 0.240. The minimum Gasteiger partial charge on any atom is -0.479 e. The molecule has 1 rings (SSSR count). The summed E-state index contributed by atoms with van der Waals surface area (Å²) in [5.41, 5.74) is 0. The zero-order valence-corrected chi connectivity index (χ0v) is 12.0. The van der Waals surface area contributed by atoms with E-state index in [0.29, 0.717) is 19.4 Å². The first-order valence-electron chi connectivity index (χ1n) is 6.79. The number of carbonyl (C=O) groups is 2. The fraction of sp³-hybridized carbons (Fsp3) is 0.833. The maximum absolute atomic E-state index is 11.0. The van der Waals surface area contributed by atoms with E-state index in [1.54, 1.807) is 0 Å². The largest absolute Gasteiger partial charge is 0.479 e. The summed E-state index contributed by atoms with van der Waals surface area (Å²) < 4.78 is 9.56. The van der Waals surface area contributed by atoms with Crippen molar-refractivity contribution in [2.24, 2.45) is 5.18 Å². The van der Waals surface area contributed by atoms with E-state index < -0.39 is 36.6 Å². The van der Waals surface area contributed by atoms with Gasteiger partial charge >= 0.3 is 11.9 Å². The van der Waals surface area contributed by atoms with E-state index in [9.17, 15) is 24.7 Å². The summed E-state index contributed by atoms with van der Waals surface area (Å²) in [5.74, 6) is -1.79. The molecule has 1 saturated heterocycles. The maximum Gasteiger partial charge on any atom is 0.335 e. The van der Waals surface area contributed by atoms with E-state index in [2.05, 4.69) is 15.2 Å². The number of carbonyl (C=O) groups excluding carboxylic acids is 1. The van der Waals surface area contributed by atoms with Crippen LogP contribution < -0.4 is 5.32 Å². The molecule has 0 saturated carbocycles. The average molecular weight is 320 g/mol. The van der Waals surface area contributed by atoms with Crippen LogP contribution in [0.25, 0.3) is 0 Å². The van der Waals surface area contributed by atoms with E-state index in [-0.39, 0.29) is 12.4 Å². The van der Waals surface area contributed by atoms with Crippen LogP contribution in [0.1, 0.15) is 19.3 Å². The summed E-state index contributed by atoms with van der Waals surface area (Å²) in [7, 11) is 1.29. The predicted octanol–water partition coefficient (Wildman–Crippen LogP) is -1.41. The van der Waals surface area contributed by atoms with Crippen LogP contribution in [0.5, 0.6) is 0 Å². The van der Waals surface area contributed by atoms with Gasteiger partial charge in [0.2, 0.25) is 0 Å². The third-order valence-electron chi connectivity index (χ3n) is 3.36. The monoisotopic (exact) mass is 320 g/mol. The van der Waals surface area contributed by atoms with Crippen molar-refractivity contribution in [1.29, 1.82) is 0 Å². The van der Waals surface area contributed by atoms with Gasteiger partial charge in [-0.25, -0.2) is 4.79 Å². The molecule has 4 N–H and O–H groups in total. The van der Waals surface area contributed by atoms with E-state index >= 15 is 0 Å². The van der Waals surface area contributed by atoms with Gasteiger partial charge in [-0.3, -0.25) is 10.1 Å². The highest BCUT2D eigenvalue weighted by molar-refractivity contribution is 5.73. The van der Waals surface area contributed by atoms with E-state index in [0.717, 1.165) is 0 Å². The van der Waals surface area contributed by atoms with Gasteiger partial charge in [0, 0.05) is 6.42 Å². The molecule has 1 aliphatic heterocycles. The number of carboxylic acids is 1. The van der Waals surface area contributed by atoms with Crippen LogP contribution in [0.4, 0.5) is 0 Å². The minimum absolute atomic E-state index is 0.234. The molecular weight excluding hydrogens is 300 g/mol. The molecule has 1 aliphatic rings. The number of ether oxygens (including phenoxy) is 2. The van der Waals surface area contributed by atoms with Crippen molar-refractivity contribution in [2.75, 3.05) is 13.7 Å². The molecule has 0 radical (unpaired) electrons. The van der Waals surface area contributed by atoms with Gasteiger partial charge in [0.05, 0.1) is 7.11 Å². The lowest BCUT2D eigenvalue weighted by Gasteiger charge is -2.38. The minimum atomic E-state index is -1.74. The summed E-state index contributed by atoms with van der Waals surface area (Å²) in [6, 6.07) is -1.33. The Morgan fingerprint density at radius 3 is 2.50 bits per heavy atom. The number of hydrogen-bond acceptors (Lipinski definition) is 9. The number of nitrogens with zero attached hydrogens (tertiary/aromatic N) is 1. The van der Waals surface area contributed by atoms with Crippen molar-refractivity contribution < 1.29 is 34.4 Å². The summed E-state index contributed by atoms with van der Waals surface area (Å²) in [5, 5.41) is 33.7. The number of methoxy groups -OCH3 is 1. The molecule has 10 heteroatoms. The Labute approximate surface area is 126 Å². The molecule has 0 aliphatic carbocycles. The van der Waals surface area contributed by atoms with Crippen LogP contribution in [0, 0.1) is 4.91 Å². The highest BCUT2D eigenvalue weighted by Gasteiger charge is 2.48. The topological polar surface area (TPSA) is 155 Å². The van der Waals surface area contributed by atoms with Gasteiger partial charge in [-0.05, 0) is 19.4 Å². The summed E-state index contributed by atoms with van der Waals surface area (Å²) in [6.45, 7) is 0.308. The molecule has 1 fully saturated rings. The molecule has 10 nitrogen and oxygen atoms in total. The summed E-state index contributed by atoms with van der Waals surface area (Å²) in [6.07, 6.45) is -4.86.